The number of aliphatic hydroxyl groups excluding tert-OH is 2. The molecule has 1 aromatic heterocycles. The minimum Gasteiger partial charge on any atom is -0.394 e. The first kappa shape index (κ1) is 15.0. The average Bonchev–Trinajstić information content (AvgIpc) is 3.29. The van der Waals surface area contributed by atoms with Crippen molar-refractivity contribution < 1.29 is 10.2 Å². The molecule has 0 atom stereocenters. The summed E-state index contributed by atoms with van der Waals surface area (Å²) in [6, 6.07) is -0.394. The molecule has 1 saturated carbocycles. The molecule has 4 N–H and O–H groups in total. The summed E-state index contributed by atoms with van der Waals surface area (Å²) in [5.41, 5.74) is 0.926. The van der Waals surface area contributed by atoms with Crippen molar-refractivity contribution in [3.05, 3.63) is 11.4 Å². The van der Waals surface area contributed by atoms with E-state index in [-0.39, 0.29) is 13.2 Å². The molecule has 20 heavy (non-hydrogen) atoms. The van der Waals surface area contributed by atoms with Crippen LogP contribution in [0.15, 0.2) is 0 Å². The predicted octanol–water partition coefficient (Wildman–Crippen LogP) is 1.25. The van der Waals surface area contributed by atoms with Crippen LogP contribution in [0.5, 0.6) is 0 Å². The van der Waals surface area contributed by atoms with E-state index in [1.54, 1.807) is 0 Å². The average molecular weight is 280 g/mol. The Bertz CT molecular complexity index is 445. The van der Waals surface area contributed by atoms with Crippen molar-refractivity contribution in [3.8, 4) is 0 Å². The molecule has 2 rings (SSSR count). The van der Waals surface area contributed by atoms with Crippen LogP contribution in [0.2, 0.25) is 0 Å². The largest absolute Gasteiger partial charge is 0.394 e. The summed E-state index contributed by atoms with van der Waals surface area (Å²) in [6.45, 7) is 4.67. The van der Waals surface area contributed by atoms with Gasteiger partial charge in [0.15, 0.2) is 0 Å². The van der Waals surface area contributed by atoms with Crippen molar-refractivity contribution in [2.45, 2.75) is 45.1 Å². The van der Waals surface area contributed by atoms with Gasteiger partial charge in [0.25, 0.3) is 0 Å². The van der Waals surface area contributed by atoms with Gasteiger partial charge in [-0.3, -0.25) is 0 Å². The maximum Gasteiger partial charge on any atom is 0.136 e. The van der Waals surface area contributed by atoms with Gasteiger partial charge in [-0.25, -0.2) is 9.97 Å². The number of aliphatic hydroxyl groups is 2. The lowest BCUT2D eigenvalue weighted by Crippen LogP contribution is -2.29. The number of nitrogens with one attached hydrogen (secondary N) is 2. The lowest BCUT2D eigenvalue weighted by molar-refractivity contribution is 0.203. The zero-order valence-electron chi connectivity index (χ0n) is 12.2. The summed E-state index contributed by atoms with van der Waals surface area (Å²) in [7, 11) is 0. The van der Waals surface area contributed by atoms with Gasteiger partial charge in [0, 0.05) is 18.0 Å². The topological polar surface area (TPSA) is 90.3 Å². The van der Waals surface area contributed by atoms with E-state index in [1.807, 2.05) is 6.92 Å². The van der Waals surface area contributed by atoms with Crippen LogP contribution in [0.4, 0.5) is 11.6 Å². The Labute approximate surface area is 119 Å². The third-order valence-electron chi connectivity index (χ3n) is 3.43. The second-order valence-corrected chi connectivity index (χ2v) is 5.31. The molecule has 1 heterocycles. The van der Waals surface area contributed by atoms with Gasteiger partial charge >= 0.3 is 0 Å². The molecule has 1 aliphatic rings. The van der Waals surface area contributed by atoms with Crippen molar-refractivity contribution in [2.24, 2.45) is 0 Å². The Morgan fingerprint density at radius 1 is 1.20 bits per heavy atom. The van der Waals surface area contributed by atoms with E-state index in [1.165, 1.54) is 0 Å². The molecule has 1 aliphatic carbocycles. The Kier molecular flexibility index (Phi) is 5.14. The summed E-state index contributed by atoms with van der Waals surface area (Å²) in [5.74, 6) is 2.86. The second kappa shape index (κ2) is 6.85. The van der Waals surface area contributed by atoms with E-state index in [0.717, 1.165) is 43.0 Å². The Morgan fingerprint density at radius 3 is 2.40 bits per heavy atom. The van der Waals surface area contributed by atoms with Crippen molar-refractivity contribution in [1.82, 2.24) is 9.97 Å². The van der Waals surface area contributed by atoms with E-state index in [4.69, 9.17) is 0 Å². The zero-order valence-corrected chi connectivity index (χ0v) is 12.2. The molecular formula is C14H24N4O2. The monoisotopic (exact) mass is 280 g/mol. The highest BCUT2D eigenvalue weighted by atomic mass is 16.3. The molecule has 0 aliphatic heterocycles. The lowest BCUT2D eigenvalue weighted by atomic mass is 10.2. The van der Waals surface area contributed by atoms with Crippen LogP contribution in [0.25, 0.3) is 0 Å². The fourth-order valence-electron chi connectivity index (χ4n) is 1.96. The van der Waals surface area contributed by atoms with Crippen LogP contribution in [0, 0.1) is 6.92 Å². The number of rotatable bonds is 8. The zero-order chi connectivity index (χ0) is 14.5. The molecule has 0 radical (unpaired) electrons. The van der Waals surface area contributed by atoms with Gasteiger partial charge in [0.1, 0.15) is 17.5 Å². The maximum absolute atomic E-state index is 9.20. The van der Waals surface area contributed by atoms with Crippen LogP contribution in [-0.2, 0) is 0 Å². The van der Waals surface area contributed by atoms with E-state index in [9.17, 15) is 10.2 Å². The molecule has 6 heteroatoms. The van der Waals surface area contributed by atoms with E-state index in [0.29, 0.717) is 11.7 Å². The molecule has 112 valence electrons. The minimum atomic E-state index is -0.394. The minimum absolute atomic E-state index is 0.129. The summed E-state index contributed by atoms with van der Waals surface area (Å²) >= 11 is 0. The molecule has 0 saturated heterocycles. The second-order valence-electron chi connectivity index (χ2n) is 5.31. The first-order valence-corrected chi connectivity index (χ1v) is 7.30. The molecule has 0 amide bonds. The molecule has 0 unspecified atom stereocenters. The van der Waals surface area contributed by atoms with Crippen molar-refractivity contribution in [3.63, 3.8) is 0 Å². The Hall–Kier alpha value is -1.40. The molecule has 1 aromatic rings. The standard InChI is InChI=1S/C14H24N4O2/c1-3-6-15-12-9(2)13(16-11(7-19)8-20)18-14(17-12)10-4-5-10/h10-11,19-20H,3-8H2,1-2H3,(H2,15,16,17,18). The van der Waals surface area contributed by atoms with Gasteiger partial charge in [-0.15, -0.1) is 0 Å². The van der Waals surface area contributed by atoms with E-state index >= 15 is 0 Å². The van der Waals surface area contributed by atoms with Gasteiger partial charge in [0.2, 0.25) is 0 Å². The number of nitrogens with zero attached hydrogens (tertiary/aromatic N) is 2. The van der Waals surface area contributed by atoms with Gasteiger partial charge in [-0.1, -0.05) is 6.92 Å². The first-order valence-electron chi connectivity index (χ1n) is 7.30. The first-order chi connectivity index (χ1) is 9.69. The molecule has 1 fully saturated rings. The summed E-state index contributed by atoms with van der Waals surface area (Å²) in [5, 5.41) is 24.8. The van der Waals surface area contributed by atoms with Crippen molar-refractivity contribution in [2.75, 3.05) is 30.4 Å². The van der Waals surface area contributed by atoms with Crippen molar-refractivity contribution >= 4 is 11.6 Å². The van der Waals surface area contributed by atoms with E-state index < -0.39 is 6.04 Å². The quantitative estimate of drug-likeness (QED) is 0.573. The molecule has 0 bridgehead atoms. The number of hydrogen-bond donors (Lipinski definition) is 4. The van der Waals surface area contributed by atoms with Gasteiger partial charge in [-0.05, 0) is 26.2 Å². The fraction of sp³-hybridized carbons (Fsp3) is 0.714. The third kappa shape index (κ3) is 3.58. The van der Waals surface area contributed by atoms with Crippen LogP contribution in [0.1, 0.15) is 43.5 Å². The van der Waals surface area contributed by atoms with Gasteiger partial charge in [-0.2, -0.15) is 0 Å². The van der Waals surface area contributed by atoms with Gasteiger partial charge < -0.3 is 20.8 Å². The molecule has 0 aromatic carbocycles. The van der Waals surface area contributed by atoms with Crippen molar-refractivity contribution in [1.29, 1.82) is 0 Å². The number of anilines is 2. The van der Waals surface area contributed by atoms with Crippen LogP contribution >= 0.6 is 0 Å². The lowest BCUT2D eigenvalue weighted by Gasteiger charge is -2.18. The smallest absolute Gasteiger partial charge is 0.136 e. The summed E-state index contributed by atoms with van der Waals surface area (Å²) in [4.78, 5) is 9.16. The molecular weight excluding hydrogens is 256 g/mol. The Balaban J connectivity index is 2.25. The normalized spacial score (nSPS) is 14.7. The highest BCUT2D eigenvalue weighted by Gasteiger charge is 2.28. The number of aromatic nitrogens is 2. The van der Waals surface area contributed by atoms with Gasteiger partial charge in [0.05, 0.1) is 19.3 Å². The number of hydrogen-bond acceptors (Lipinski definition) is 6. The van der Waals surface area contributed by atoms with Crippen LogP contribution in [0.3, 0.4) is 0 Å². The third-order valence-corrected chi connectivity index (χ3v) is 3.43. The highest BCUT2D eigenvalue weighted by Crippen LogP contribution is 2.39. The van der Waals surface area contributed by atoms with E-state index in [2.05, 4.69) is 27.5 Å². The summed E-state index contributed by atoms with van der Waals surface area (Å²) in [6.07, 6.45) is 3.30. The highest BCUT2D eigenvalue weighted by molar-refractivity contribution is 5.58. The van der Waals surface area contributed by atoms with Crippen LogP contribution < -0.4 is 10.6 Å². The van der Waals surface area contributed by atoms with Crippen LogP contribution in [-0.4, -0.2) is 46.0 Å². The molecule has 0 spiro atoms. The SMILES string of the molecule is CCCNc1nc(C2CC2)nc(NC(CO)CO)c1C. The Morgan fingerprint density at radius 2 is 1.85 bits per heavy atom. The predicted molar refractivity (Wildman–Crippen MR) is 79.1 cm³/mol. The molecule has 6 nitrogen and oxygen atoms in total. The summed E-state index contributed by atoms with van der Waals surface area (Å²) < 4.78 is 0. The fourth-order valence-corrected chi connectivity index (χ4v) is 1.96. The maximum atomic E-state index is 9.20.